The third kappa shape index (κ3) is 3.57. The molecule has 3 aromatic rings. The zero-order valence-electron chi connectivity index (χ0n) is 16.9. The average Bonchev–Trinajstić information content (AvgIpc) is 2.99. The number of nitrogens with one attached hydrogen (secondary N) is 1. The van der Waals surface area contributed by atoms with Crippen LogP contribution >= 0.6 is 0 Å². The van der Waals surface area contributed by atoms with Gasteiger partial charge >= 0.3 is 0 Å². The van der Waals surface area contributed by atoms with Crippen LogP contribution in [0.3, 0.4) is 0 Å². The minimum Gasteiger partial charge on any atom is -0.494 e. The topological polar surface area (TPSA) is 58.6 Å². The van der Waals surface area contributed by atoms with E-state index in [1.807, 2.05) is 86.6 Å². The zero-order chi connectivity index (χ0) is 21.1. The number of carbonyl (C=O) groups is 2. The van der Waals surface area contributed by atoms with Crippen molar-refractivity contribution in [2.75, 3.05) is 16.8 Å². The van der Waals surface area contributed by atoms with Crippen LogP contribution in [0, 0.1) is 6.92 Å². The lowest BCUT2D eigenvalue weighted by molar-refractivity contribution is -0.120. The Morgan fingerprint density at radius 2 is 1.60 bits per heavy atom. The van der Waals surface area contributed by atoms with Crippen molar-refractivity contribution in [3.63, 3.8) is 0 Å². The Balaban J connectivity index is 1.80. The van der Waals surface area contributed by atoms with Gasteiger partial charge in [-0.25, -0.2) is 4.90 Å². The van der Waals surface area contributed by atoms with Gasteiger partial charge in [-0.2, -0.15) is 0 Å². The van der Waals surface area contributed by atoms with Gasteiger partial charge in [-0.1, -0.05) is 54.6 Å². The van der Waals surface area contributed by atoms with E-state index in [1.165, 1.54) is 4.90 Å². The molecule has 3 aromatic carbocycles. The molecule has 0 saturated carbocycles. The molecule has 0 spiro atoms. The Hall–Kier alpha value is -3.86. The molecule has 1 aliphatic rings. The van der Waals surface area contributed by atoms with Crippen molar-refractivity contribution in [3.05, 3.63) is 95.7 Å². The lowest BCUT2D eigenvalue weighted by Gasteiger charge is -2.17. The number of ether oxygens (including phenoxy) is 1. The SMILES string of the molecule is CCOc1cccc(NC2=C(c3ccccc3)C(=O)N(c3ccccc3C)C2=O)c1. The summed E-state index contributed by atoms with van der Waals surface area (Å²) >= 11 is 0. The predicted octanol–water partition coefficient (Wildman–Crippen LogP) is 4.79. The predicted molar refractivity (Wildman–Crippen MR) is 118 cm³/mol. The van der Waals surface area contributed by atoms with Gasteiger partial charge in [0.15, 0.2) is 0 Å². The lowest BCUT2D eigenvalue weighted by atomic mass is 10.0. The molecule has 4 rings (SSSR count). The van der Waals surface area contributed by atoms with Crippen molar-refractivity contribution in [2.24, 2.45) is 0 Å². The van der Waals surface area contributed by atoms with E-state index in [-0.39, 0.29) is 17.5 Å². The van der Waals surface area contributed by atoms with Crippen LogP contribution < -0.4 is 15.0 Å². The molecule has 0 unspecified atom stereocenters. The van der Waals surface area contributed by atoms with E-state index in [2.05, 4.69) is 5.32 Å². The second kappa shape index (κ2) is 8.25. The number of nitrogens with zero attached hydrogens (tertiary/aromatic N) is 1. The number of hydrogen-bond donors (Lipinski definition) is 1. The summed E-state index contributed by atoms with van der Waals surface area (Å²) in [6, 6.07) is 24.0. The standard InChI is InChI=1S/C25H22N2O3/c1-3-30-20-14-9-13-19(16-20)26-23-22(18-11-5-4-6-12-18)24(28)27(25(23)29)21-15-8-7-10-17(21)2/h4-16,26H,3H2,1-2H3. The first-order valence-corrected chi connectivity index (χ1v) is 9.84. The summed E-state index contributed by atoms with van der Waals surface area (Å²) in [6.07, 6.45) is 0. The molecule has 1 heterocycles. The summed E-state index contributed by atoms with van der Waals surface area (Å²) < 4.78 is 5.56. The monoisotopic (exact) mass is 398 g/mol. The molecule has 1 aliphatic heterocycles. The van der Waals surface area contributed by atoms with E-state index < -0.39 is 0 Å². The lowest BCUT2D eigenvalue weighted by Crippen LogP contribution is -2.33. The van der Waals surface area contributed by atoms with Crippen LogP contribution in [0.5, 0.6) is 5.75 Å². The van der Waals surface area contributed by atoms with Crippen molar-refractivity contribution in [2.45, 2.75) is 13.8 Å². The highest BCUT2D eigenvalue weighted by Crippen LogP contribution is 2.35. The number of para-hydroxylation sites is 1. The molecule has 0 radical (unpaired) electrons. The Bertz CT molecular complexity index is 1140. The summed E-state index contributed by atoms with van der Waals surface area (Å²) in [5, 5.41) is 3.18. The zero-order valence-corrected chi connectivity index (χ0v) is 16.9. The number of hydrogen-bond acceptors (Lipinski definition) is 4. The normalized spacial score (nSPS) is 13.7. The number of imide groups is 1. The molecule has 0 aliphatic carbocycles. The molecule has 0 aromatic heterocycles. The van der Waals surface area contributed by atoms with Gasteiger partial charge in [0, 0.05) is 11.8 Å². The van der Waals surface area contributed by atoms with Gasteiger partial charge in [-0.05, 0) is 43.2 Å². The van der Waals surface area contributed by atoms with Crippen LogP contribution in [0.15, 0.2) is 84.6 Å². The largest absolute Gasteiger partial charge is 0.494 e. The van der Waals surface area contributed by atoms with Crippen LogP contribution in [-0.4, -0.2) is 18.4 Å². The fourth-order valence-corrected chi connectivity index (χ4v) is 3.53. The maximum atomic E-state index is 13.4. The molecule has 2 amide bonds. The molecule has 150 valence electrons. The smallest absolute Gasteiger partial charge is 0.282 e. The van der Waals surface area contributed by atoms with E-state index in [1.54, 1.807) is 6.07 Å². The first kappa shape index (κ1) is 19.5. The van der Waals surface area contributed by atoms with Crippen LogP contribution in [0.2, 0.25) is 0 Å². The van der Waals surface area contributed by atoms with Crippen molar-refractivity contribution in [1.82, 2.24) is 0 Å². The second-order valence-corrected chi connectivity index (χ2v) is 6.93. The van der Waals surface area contributed by atoms with Crippen LogP contribution in [0.25, 0.3) is 5.57 Å². The number of aryl methyl sites for hydroxylation is 1. The summed E-state index contributed by atoms with van der Waals surface area (Å²) in [4.78, 5) is 28.1. The highest BCUT2D eigenvalue weighted by Gasteiger charge is 2.40. The minimum absolute atomic E-state index is 0.253. The Labute approximate surface area is 175 Å². The van der Waals surface area contributed by atoms with Crippen molar-refractivity contribution >= 4 is 28.8 Å². The third-order valence-corrected chi connectivity index (χ3v) is 4.92. The molecule has 30 heavy (non-hydrogen) atoms. The fraction of sp³-hybridized carbons (Fsp3) is 0.120. The van der Waals surface area contributed by atoms with Crippen LogP contribution in [-0.2, 0) is 9.59 Å². The van der Waals surface area contributed by atoms with Gasteiger partial charge in [-0.15, -0.1) is 0 Å². The molecule has 0 bridgehead atoms. The van der Waals surface area contributed by atoms with Gasteiger partial charge in [-0.3, -0.25) is 9.59 Å². The molecular formula is C25H22N2O3. The van der Waals surface area contributed by atoms with Crippen LogP contribution in [0.4, 0.5) is 11.4 Å². The second-order valence-electron chi connectivity index (χ2n) is 6.93. The molecular weight excluding hydrogens is 376 g/mol. The van der Waals surface area contributed by atoms with Gasteiger partial charge in [0.25, 0.3) is 11.8 Å². The number of carbonyl (C=O) groups excluding carboxylic acids is 2. The Kier molecular flexibility index (Phi) is 5.35. The average molecular weight is 398 g/mol. The Morgan fingerprint density at radius 3 is 2.33 bits per heavy atom. The molecule has 0 saturated heterocycles. The fourth-order valence-electron chi connectivity index (χ4n) is 3.53. The van der Waals surface area contributed by atoms with Gasteiger partial charge in [0.2, 0.25) is 0 Å². The molecule has 5 nitrogen and oxygen atoms in total. The van der Waals surface area contributed by atoms with E-state index in [0.717, 1.165) is 5.56 Å². The third-order valence-electron chi connectivity index (χ3n) is 4.92. The maximum absolute atomic E-state index is 13.4. The highest BCUT2D eigenvalue weighted by molar-refractivity contribution is 6.46. The van der Waals surface area contributed by atoms with Crippen molar-refractivity contribution < 1.29 is 14.3 Å². The summed E-state index contributed by atoms with van der Waals surface area (Å²) in [5.41, 5.74) is 3.41. The molecule has 0 atom stereocenters. The molecule has 5 heteroatoms. The van der Waals surface area contributed by atoms with E-state index in [0.29, 0.717) is 34.9 Å². The number of amides is 2. The van der Waals surface area contributed by atoms with Crippen LogP contribution in [0.1, 0.15) is 18.1 Å². The van der Waals surface area contributed by atoms with Crippen molar-refractivity contribution in [3.8, 4) is 5.75 Å². The summed E-state index contributed by atoms with van der Waals surface area (Å²) in [6.45, 7) is 4.34. The summed E-state index contributed by atoms with van der Waals surface area (Å²) in [7, 11) is 0. The van der Waals surface area contributed by atoms with E-state index >= 15 is 0 Å². The minimum atomic E-state index is -0.380. The molecule has 0 fully saturated rings. The Morgan fingerprint density at radius 1 is 0.867 bits per heavy atom. The van der Waals surface area contributed by atoms with Gasteiger partial charge in [0.1, 0.15) is 11.4 Å². The van der Waals surface area contributed by atoms with E-state index in [4.69, 9.17) is 4.74 Å². The van der Waals surface area contributed by atoms with E-state index in [9.17, 15) is 9.59 Å². The maximum Gasteiger partial charge on any atom is 0.282 e. The summed E-state index contributed by atoms with van der Waals surface area (Å²) in [5.74, 6) is -0.0316. The number of anilines is 2. The first-order valence-electron chi connectivity index (χ1n) is 9.84. The van der Waals surface area contributed by atoms with Crippen molar-refractivity contribution in [1.29, 1.82) is 0 Å². The van der Waals surface area contributed by atoms with Gasteiger partial charge in [0.05, 0.1) is 17.9 Å². The number of rotatable bonds is 6. The first-order chi connectivity index (χ1) is 14.6. The quantitative estimate of drug-likeness (QED) is 0.607. The number of benzene rings is 3. The van der Waals surface area contributed by atoms with Gasteiger partial charge < -0.3 is 10.1 Å². The highest BCUT2D eigenvalue weighted by atomic mass is 16.5. The molecule has 1 N–H and O–H groups in total.